The molecule has 1 N–H and O–H groups in total. The number of hydrogen-bond acceptors (Lipinski definition) is 8. The minimum atomic E-state index is -0.852. The molecular formula is C21H25ClF2N6O2. The Bertz CT molecular complexity index is 1050. The number of anilines is 2. The van der Waals surface area contributed by atoms with E-state index in [1.165, 1.54) is 0 Å². The molecule has 4 aliphatic heterocycles. The fraction of sp³-hybridized carbons (Fsp3) is 0.667. The standard InChI is InChI=1S/C21H25ClF2N6O2/c22-17-15(24)16-14-18(27-17)25-4-6-30(13-2-7-31-10-13)19(14)28-20(26-16)32-11-21-3-1-5-29(21)9-12(23)8-21/h12-13H,1-11H2,(H,25,27)/t12-,13?,21+/m1/s1. The SMILES string of the molecule is Fc1c(Cl)nc2c3c(nc(OC[C@@]45CCCN4C[C@H](F)C5)nc13)N(C1CCOC1)CCN2. The number of fused-ring (bicyclic) bond motifs is 1. The second kappa shape index (κ2) is 7.78. The first-order chi connectivity index (χ1) is 15.5. The lowest BCUT2D eigenvalue weighted by Crippen LogP contribution is -2.43. The smallest absolute Gasteiger partial charge is 0.319 e. The number of ether oxygens (including phenoxy) is 2. The minimum absolute atomic E-state index is 0.0777. The number of aromatic nitrogens is 3. The van der Waals surface area contributed by atoms with Crippen LogP contribution in [-0.2, 0) is 4.74 Å². The topological polar surface area (TPSA) is 75.6 Å². The molecule has 0 saturated carbocycles. The van der Waals surface area contributed by atoms with E-state index in [2.05, 4.69) is 25.1 Å². The van der Waals surface area contributed by atoms with Gasteiger partial charge in [-0.1, -0.05) is 11.6 Å². The summed E-state index contributed by atoms with van der Waals surface area (Å²) in [5.41, 5.74) is -0.264. The van der Waals surface area contributed by atoms with Crippen molar-refractivity contribution in [1.82, 2.24) is 19.9 Å². The number of rotatable bonds is 4. The third kappa shape index (κ3) is 3.26. The molecule has 172 valence electrons. The van der Waals surface area contributed by atoms with Gasteiger partial charge in [0.1, 0.15) is 29.9 Å². The average Bonchev–Trinajstić information content (AvgIpc) is 3.46. The van der Waals surface area contributed by atoms with Gasteiger partial charge in [-0.2, -0.15) is 9.97 Å². The number of alkyl halides is 1. The van der Waals surface area contributed by atoms with Crippen LogP contribution in [0.3, 0.4) is 0 Å². The van der Waals surface area contributed by atoms with E-state index < -0.39 is 12.0 Å². The Morgan fingerprint density at radius 2 is 2.19 bits per heavy atom. The van der Waals surface area contributed by atoms with E-state index in [0.29, 0.717) is 56.3 Å². The Morgan fingerprint density at radius 1 is 1.28 bits per heavy atom. The van der Waals surface area contributed by atoms with E-state index in [1.807, 2.05) is 0 Å². The fourth-order valence-corrected chi connectivity index (χ4v) is 5.85. The molecule has 4 aliphatic rings. The van der Waals surface area contributed by atoms with E-state index in [9.17, 15) is 4.39 Å². The van der Waals surface area contributed by atoms with E-state index in [-0.39, 0.29) is 34.9 Å². The van der Waals surface area contributed by atoms with Crippen molar-refractivity contribution < 1.29 is 18.3 Å². The van der Waals surface area contributed by atoms with Gasteiger partial charge in [0.15, 0.2) is 11.0 Å². The second-order valence-corrected chi connectivity index (χ2v) is 9.48. The van der Waals surface area contributed by atoms with Gasteiger partial charge in [0.2, 0.25) is 0 Å². The zero-order valence-electron chi connectivity index (χ0n) is 17.6. The Morgan fingerprint density at radius 3 is 3.03 bits per heavy atom. The first-order valence-corrected chi connectivity index (χ1v) is 11.6. The molecule has 0 radical (unpaired) electrons. The predicted molar refractivity (Wildman–Crippen MR) is 116 cm³/mol. The van der Waals surface area contributed by atoms with Crippen molar-refractivity contribution in [3.05, 3.63) is 11.0 Å². The summed E-state index contributed by atoms with van der Waals surface area (Å²) in [5, 5.41) is 3.48. The molecular weight excluding hydrogens is 442 g/mol. The number of nitrogens with one attached hydrogen (secondary N) is 1. The van der Waals surface area contributed by atoms with Crippen molar-refractivity contribution in [2.45, 2.75) is 43.4 Å². The van der Waals surface area contributed by atoms with E-state index in [1.54, 1.807) is 0 Å². The van der Waals surface area contributed by atoms with Crippen LogP contribution in [0.25, 0.3) is 10.9 Å². The summed E-state index contributed by atoms with van der Waals surface area (Å²) in [5.74, 6) is 0.334. The number of halogens is 3. The average molecular weight is 467 g/mol. The predicted octanol–water partition coefficient (Wildman–Crippen LogP) is 2.79. The summed E-state index contributed by atoms with van der Waals surface area (Å²) in [4.78, 5) is 17.6. The highest BCUT2D eigenvalue weighted by molar-refractivity contribution is 6.30. The van der Waals surface area contributed by atoms with Gasteiger partial charge >= 0.3 is 6.01 Å². The number of pyridine rings is 1. The summed E-state index contributed by atoms with van der Waals surface area (Å²) in [6, 6.07) is 0.201. The highest BCUT2D eigenvalue weighted by Gasteiger charge is 2.49. The fourth-order valence-electron chi connectivity index (χ4n) is 5.68. The maximum atomic E-state index is 15.1. The van der Waals surface area contributed by atoms with Gasteiger partial charge in [-0.05, 0) is 25.8 Å². The number of nitrogens with zero attached hydrogens (tertiary/aromatic N) is 5. The van der Waals surface area contributed by atoms with Crippen molar-refractivity contribution in [2.24, 2.45) is 0 Å². The lowest BCUT2D eigenvalue weighted by molar-refractivity contribution is 0.107. The van der Waals surface area contributed by atoms with Crippen molar-refractivity contribution >= 4 is 34.1 Å². The molecule has 0 spiro atoms. The minimum Gasteiger partial charge on any atom is -0.461 e. The van der Waals surface area contributed by atoms with Gasteiger partial charge < -0.3 is 19.7 Å². The molecule has 0 bridgehead atoms. The quantitative estimate of drug-likeness (QED) is 0.689. The van der Waals surface area contributed by atoms with Gasteiger partial charge in [-0.25, -0.2) is 13.8 Å². The van der Waals surface area contributed by atoms with Gasteiger partial charge in [0.05, 0.1) is 23.6 Å². The normalized spacial score (nSPS) is 29.9. The lowest BCUT2D eigenvalue weighted by Gasteiger charge is -2.31. The van der Waals surface area contributed by atoms with Gasteiger partial charge in [0.25, 0.3) is 0 Å². The molecule has 2 aromatic heterocycles. The van der Waals surface area contributed by atoms with Gasteiger partial charge in [0, 0.05) is 32.7 Å². The summed E-state index contributed by atoms with van der Waals surface area (Å²) >= 11 is 6.08. The molecule has 3 fully saturated rings. The molecule has 0 amide bonds. The Hall–Kier alpha value is -2.04. The second-order valence-electron chi connectivity index (χ2n) is 9.12. The summed E-state index contributed by atoms with van der Waals surface area (Å²) in [6.45, 7) is 4.09. The summed E-state index contributed by atoms with van der Waals surface area (Å²) in [6.07, 6.45) is 2.33. The van der Waals surface area contributed by atoms with Crippen LogP contribution in [0.4, 0.5) is 20.4 Å². The molecule has 6 rings (SSSR count). The van der Waals surface area contributed by atoms with Gasteiger partial charge in [-0.15, -0.1) is 0 Å². The van der Waals surface area contributed by atoms with Crippen LogP contribution in [0.1, 0.15) is 25.7 Å². The Kier molecular flexibility index (Phi) is 5.00. The van der Waals surface area contributed by atoms with Crippen LogP contribution in [0, 0.1) is 5.82 Å². The van der Waals surface area contributed by atoms with Crippen LogP contribution in [0.15, 0.2) is 0 Å². The molecule has 0 aromatic carbocycles. The molecule has 3 atom stereocenters. The first-order valence-electron chi connectivity index (χ1n) is 11.2. The van der Waals surface area contributed by atoms with Crippen molar-refractivity contribution in [2.75, 3.05) is 56.2 Å². The maximum absolute atomic E-state index is 15.1. The monoisotopic (exact) mass is 466 g/mol. The van der Waals surface area contributed by atoms with Crippen molar-refractivity contribution in [3.8, 4) is 6.01 Å². The first kappa shape index (κ1) is 20.6. The molecule has 1 unspecified atom stereocenters. The molecule has 11 heteroatoms. The molecule has 32 heavy (non-hydrogen) atoms. The molecule has 0 aliphatic carbocycles. The zero-order chi connectivity index (χ0) is 21.9. The third-order valence-electron chi connectivity index (χ3n) is 7.20. The van der Waals surface area contributed by atoms with Crippen molar-refractivity contribution in [3.63, 3.8) is 0 Å². The Balaban J connectivity index is 1.41. The van der Waals surface area contributed by atoms with Gasteiger partial charge in [-0.3, -0.25) is 4.90 Å². The summed E-state index contributed by atoms with van der Waals surface area (Å²) in [7, 11) is 0. The van der Waals surface area contributed by atoms with Crippen LogP contribution in [-0.4, -0.2) is 83.6 Å². The largest absolute Gasteiger partial charge is 0.461 e. The highest BCUT2D eigenvalue weighted by Crippen LogP contribution is 2.41. The van der Waals surface area contributed by atoms with E-state index in [4.69, 9.17) is 26.1 Å². The molecule has 2 aromatic rings. The van der Waals surface area contributed by atoms with Crippen LogP contribution >= 0.6 is 11.6 Å². The Labute approximate surface area is 189 Å². The van der Waals surface area contributed by atoms with E-state index in [0.717, 1.165) is 25.8 Å². The van der Waals surface area contributed by atoms with Crippen molar-refractivity contribution in [1.29, 1.82) is 0 Å². The number of hydrogen-bond donors (Lipinski definition) is 1. The molecule has 3 saturated heterocycles. The van der Waals surface area contributed by atoms with Crippen LogP contribution in [0.5, 0.6) is 6.01 Å². The highest BCUT2D eigenvalue weighted by atomic mass is 35.5. The summed E-state index contributed by atoms with van der Waals surface area (Å²) < 4.78 is 40.9. The van der Waals surface area contributed by atoms with Crippen LogP contribution in [0.2, 0.25) is 5.15 Å². The zero-order valence-corrected chi connectivity index (χ0v) is 18.4. The van der Waals surface area contributed by atoms with E-state index >= 15 is 4.39 Å². The van der Waals surface area contributed by atoms with Crippen LogP contribution < -0.4 is 15.0 Å². The molecule has 8 nitrogen and oxygen atoms in total. The lowest BCUT2D eigenvalue weighted by atomic mass is 9.95. The maximum Gasteiger partial charge on any atom is 0.319 e. The molecule has 6 heterocycles. The third-order valence-corrected chi connectivity index (χ3v) is 7.45.